The number of rotatable bonds is 4. The van der Waals surface area contributed by atoms with E-state index in [2.05, 4.69) is 22.2 Å². The number of anilines is 1. The zero-order valence-corrected chi connectivity index (χ0v) is 21.1. The van der Waals surface area contributed by atoms with Crippen LogP contribution >= 0.6 is 0 Å². The van der Waals surface area contributed by atoms with Gasteiger partial charge in [0.15, 0.2) is 0 Å². The van der Waals surface area contributed by atoms with Crippen molar-refractivity contribution in [2.24, 2.45) is 0 Å². The van der Waals surface area contributed by atoms with Gasteiger partial charge in [-0.05, 0) is 87.8 Å². The predicted molar refractivity (Wildman–Crippen MR) is 141 cm³/mol. The van der Waals surface area contributed by atoms with E-state index in [9.17, 15) is 14.0 Å². The molecule has 1 fully saturated rings. The molecule has 1 aromatic heterocycles. The fraction of sp³-hybridized carbons (Fsp3) is 0.310. The summed E-state index contributed by atoms with van der Waals surface area (Å²) in [7, 11) is 3.99. The highest BCUT2D eigenvalue weighted by molar-refractivity contribution is 6.36. The van der Waals surface area contributed by atoms with E-state index in [1.54, 1.807) is 12.1 Å². The van der Waals surface area contributed by atoms with Gasteiger partial charge in [-0.15, -0.1) is 0 Å². The SMILES string of the molecule is Cc1[nH]c(/C=C2\C(=O)Nc3cccc(-c4cccc(F)c4)c32)c(C)c1C(=O)N(C)C1CCN(C)CC1. The summed E-state index contributed by atoms with van der Waals surface area (Å²) >= 11 is 0. The van der Waals surface area contributed by atoms with Crippen molar-refractivity contribution in [1.82, 2.24) is 14.8 Å². The maximum Gasteiger partial charge on any atom is 0.256 e. The van der Waals surface area contributed by atoms with Gasteiger partial charge in [-0.2, -0.15) is 0 Å². The summed E-state index contributed by atoms with van der Waals surface area (Å²) in [6.45, 7) is 5.77. The van der Waals surface area contributed by atoms with Crippen LogP contribution in [0.15, 0.2) is 42.5 Å². The number of aromatic nitrogens is 1. The lowest BCUT2D eigenvalue weighted by molar-refractivity contribution is -0.110. The zero-order valence-electron chi connectivity index (χ0n) is 21.1. The molecule has 7 heteroatoms. The molecule has 1 saturated heterocycles. The van der Waals surface area contributed by atoms with E-state index in [4.69, 9.17) is 0 Å². The molecule has 36 heavy (non-hydrogen) atoms. The predicted octanol–water partition coefficient (Wildman–Crippen LogP) is 5.10. The number of carbonyl (C=O) groups is 2. The van der Waals surface area contributed by atoms with E-state index >= 15 is 0 Å². The Kier molecular flexibility index (Phi) is 6.26. The molecule has 0 aliphatic carbocycles. The van der Waals surface area contributed by atoms with Crippen LogP contribution in [-0.2, 0) is 4.79 Å². The lowest BCUT2D eigenvalue weighted by atomic mass is 9.94. The highest BCUT2D eigenvalue weighted by atomic mass is 19.1. The number of benzene rings is 2. The number of hydrogen-bond donors (Lipinski definition) is 2. The number of fused-ring (bicyclic) bond motifs is 1. The fourth-order valence-corrected chi connectivity index (χ4v) is 5.39. The molecule has 0 saturated carbocycles. The topological polar surface area (TPSA) is 68.4 Å². The zero-order chi connectivity index (χ0) is 25.6. The number of hydrogen-bond acceptors (Lipinski definition) is 3. The van der Waals surface area contributed by atoms with Gasteiger partial charge in [0.1, 0.15) is 5.82 Å². The molecule has 5 rings (SSSR count). The highest BCUT2D eigenvalue weighted by Crippen LogP contribution is 2.41. The first kappa shape index (κ1) is 24.0. The van der Waals surface area contributed by atoms with Gasteiger partial charge in [0, 0.05) is 35.7 Å². The molecular weight excluding hydrogens is 455 g/mol. The molecule has 6 nitrogen and oxygen atoms in total. The Hall–Kier alpha value is -3.71. The van der Waals surface area contributed by atoms with E-state index in [1.807, 2.05) is 50.1 Å². The Balaban J connectivity index is 1.52. The molecule has 3 heterocycles. The van der Waals surface area contributed by atoms with Crippen LogP contribution in [0.3, 0.4) is 0 Å². The molecule has 2 aliphatic rings. The Morgan fingerprint density at radius 2 is 1.86 bits per heavy atom. The average Bonchev–Trinajstić information content (AvgIpc) is 3.33. The number of aromatic amines is 1. The summed E-state index contributed by atoms with van der Waals surface area (Å²) in [5.74, 6) is -0.561. The highest BCUT2D eigenvalue weighted by Gasteiger charge is 2.30. The van der Waals surface area contributed by atoms with Gasteiger partial charge in [-0.3, -0.25) is 9.59 Å². The largest absolute Gasteiger partial charge is 0.358 e. The average molecular weight is 487 g/mol. The Morgan fingerprint density at radius 1 is 1.14 bits per heavy atom. The summed E-state index contributed by atoms with van der Waals surface area (Å²) in [5, 5.41) is 2.93. The third kappa shape index (κ3) is 4.24. The summed E-state index contributed by atoms with van der Waals surface area (Å²) in [4.78, 5) is 34.0. The Labute approximate surface area is 210 Å². The number of carbonyl (C=O) groups excluding carboxylic acids is 2. The van der Waals surface area contributed by atoms with Gasteiger partial charge >= 0.3 is 0 Å². The number of likely N-dealkylation sites (tertiary alicyclic amines) is 1. The van der Waals surface area contributed by atoms with Gasteiger partial charge < -0.3 is 20.1 Å². The van der Waals surface area contributed by atoms with Crippen molar-refractivity contribution in [2.75, 3.05) is 32.5 Å². The van der Waals surface area contributed by atoms with Gasteiger partial charge in [-0.1, -0.05) is 24.3 Å². The van der Waals surface area contributed by atoms with Gasteiger partial charge in [-0.25, -0.2) is 4.39 Å². The molecular formula is C29H31FN4O2. The summed E-state index contributed by atoms with van der Waals surface area (Å²) in [6, 6.07) is 12.2. The monoisotopic (exact) mass is 486 g/mol. The van der Waals surface area contributed by atoms with Gasteiger partial charge in [0.05, 0.1) is 11.1 Å². The molecule has 2 N–H and O–H groups in total. The Bertz CT molecular complexity index is 1380. The maximum atomic E-state index is 14.0. The summed E-state index contributed by atoms with van der Waals surface area (Å²) in [6.07, 6.45) is 3.72. The minimum absolute atomic E-state index is 0.00261. The number of halogens is 1. The minimum atomic E-state index is -0.333. The van der Waals surface area contributed by atoms with Crippen molar-refractivity contribution in [2.45, 2.75) is 32.7 Å². The molecule has 0 spiro atoms. The van der Waals surface area contributed by atoms with Crippen molar-refractivity contribution in [3.8, 4) is 11.1 Å². The van der Waals surface area contributed by atoms with E-state index in [-0.39, 0.29) is 23.7 Å². The van der Waals surface area contributed by atoms with E-state index in [1.165, 1.54) is 12.1 Å². The van der Waals surface area contributed by atoms with Crippen LogP contribution in [0.25, 0.3) is 22.8 Å². The fourth-order valence-electron chi connectivity index (χ4n) is 5.39. The molecule has 2 aromatic carbocycles. The molecule has 2 aliphatic heterocycles. The first-order valence-corrected chi connectivity index (χ1v) is 12.3. The lowest BCUT2D eigenvalue weighted by Gasteiger charge is -2.35. The van der Waals surface area contributed by atoms with Crippen molar-refractivity contribution >= 4 is 29.2 Å². The van der Waals surface area contributed by atoms with Crippen molar-refractivity contribution < 1.29 is 14.0 Å². The van der Waals surface area contributed by atoms with Crippen molar-refractivity contribution in [1.29, 1.82) is 0 Å². The molecule has 2 amide bonds. The molecule has 0 radical (unpaired) electrons. The molecule has 186 valence electrons. The van der Waals surface area contributed by atoms with Gasteiger partial charge in [0.25, 0.3) is 11.8 Å². The Morgan fingerprint density at radius 3 is 2.58 bits per heavy atom. The second-order valence-electron chi connectivity index (χ2n) is 9.86. The van der Waals surface area contributed by atoms with Crippen LogP contribution in [0, 0.1) is 19.7 Å². The van der Waals surface area contributed by atoms with Crippen LogP contribution in [-0.4, -0.2) is 59.8 Å². The third-order valence-electron chi connectivity index (χ3n) is 7.50. The number of aryl methyl sites for hydroxylation is 1. The number of piperidine rings is 1. The third-order valence-corrected chi connectivity index (χ3v) is 7.50. The van der Waals surface area contributed by atoms with Crippen molar-refractivity contribution in [3.63, 3.8) is 0 Å². The standard InChI is InChI=1S/C29H31FN4O2/c1-17-25(31-18(2)26(17)29(36)34(4)21-11-13-33(3)14-12-21)16-23-27-22(19-7-5-8-20(30)15-19)9-6-10-24(27)32-28(23)35/h5-10,15-16,21,31H,11-14H2,1-4H3,(H,32,35)/b23-16-. The van der Waals surface area contributed by atoms with Crippen LogP contribution in [0.4, 0.5) is 10.1 Å². The van der Waals surface area contributed by atoms with E-state index in [0.29, 0.717) is 22.4 Å². The van der Waals surface area contributed by atoms with Crippen LogP contribution in [0.2, 0.25) is 0 Å². The summed E-state index contributed by atoms with van der Waals surface area (Å²) in [5.41, 5.74) is 6.34. The summed E-state index contributed by atoms with van der Waals surface area (Å²) < 4.78 is 14.0. The minimum Gasteiger partial charge on any atom is -0.358 e. The second-order valence-corrected chi connectivity index (χ2v) is 9.86. The molecule has 0 bridgehead atoms. The van der Waals surface area contributed by atoms with E-state index < -0.39 is 0 Å². The molecule has 0 unspecified atom stereocenters. The van der Waals surface area contributed by atoms with Crippen LogP contribution in [0.1, 0.15) is 45.7 Å². The van der Waals surface area contributed by atoms with Crippen LogP contribution in [0.5, 0.6) is 0 Å². The first-order valence-electron chi connectivity index (χ1n) is 12.3. The smallest absolute Gasteiger partial charge is 0.256 e. The first-order chi connectivity index (χ1) is 17.2. The van der Waals surface area contributed by atoms with Crippen LogP contribution < -0.4 is 5.32 Å². The maximum absolute atomic E-state index is 14.0. The lowest BCUT2D eigenvalue weighted by Crippen LogP contribution is -2.44. The number of amides is 2. The van der Waals surface area contributed by atoms with E-state index in [0.717, 1.165) is 54.0 Å². The van der Waals surface area contributed by atoms with Gasteiger partial charge in [0.2, 0.25) is 0 Å². The molecule has 3 aromatic rings. The number of nitrogens with one attached hydrogen (secondary N) is 2. The quantitative estimate of drug-likeness (QED) is 0.505. The normalized spacial score (nSPS) is 17.4. The second kappa shape index (κ2) is 9.39. The number of nitrogens with zero attached hydrogens (tertiary/aromatic N) is 2. The number of H-pyrrole nitrogens is 1. The molecule has 0 atom stereocenters. The van der Waals surface area contributed by atoms with Crippen molar-refractivity contribution in [3.05, 3.63) is 76.4 Å².